The van der Waals surface area contributed by atoms with Gasteiger partial charge < -0.3 is 9.47 Å². The van der Waals surface area contributed by atoms with Crippen LogP contribution in [0.3, 0.4) is 0 Å². The number of hydrogen-bond donors (Lipinski definition) is 0. The standard InChI is InChI=1S/C29H27FN4O2/c30-20-9-8-12-22(17-20)34(27(35)18-32-19-31-24-14-5-7-16-26(24)32)28-23-13-4-6-15-25(23)33(29(28)36)21-10-2-1-3-11-21/h4-9,12-17,19,21,28H,1-3,10-11,18H2. The number of hydrogen-bond acceptors (Lipinski definition) is 3. The third kappa shape index (κ3) is 3.85. The van der Waals surface area contributed by atoms with E-state index in [1.807, 2.05) is 53.4 Å². The van der Waals surface area contributed by atoms with Gasteiger partial charge in [-0.3, -0.25) is 14.5 Å². The number of fused-ring (bicyclic) bond motifs is 2. The first kappa shape index (κ1) is 22.5. The van der Waals surface area contributed by atoms with E-state index in [1.54, 1.807) is 23.0 Å². The highest BCUT2D eigenvalue weighted by molar-refractivity contribution is 6.11. The first-order valence-electron chi connectivity index (χ1n) is 12.5. The van der Waals surface area contributed by atoms with Gasteiger partial charge in [-0.1, -0.05) is 55.7 Å². The molecule has 6 nitrogen and oxygen atoms in total. The highest BCUT2D eigenvalue weighted by atomic mass is 19.1. The van der Waals surface area contributed by atoms with Crippen LogP contribution >= 0.6 is 0 Å². The molecule has 182 valence electrons. The number of carbonyl (C=O) groups excluding carboxylic acids is 2. The van der Waals surface area contributed by atoms with Crippen molar-refractivity contribution in [3.63, 3.8) is 0 Å². The summed E-state index contributed by atoms with van der Waals surface area (Å²) in [7, 11) is 0. The predicted octanol–water partition coefficient (Wildman–Crippen LogP) is 5.63. The topological polar surface area (TPSA) is 58.4 Å². The first-order valence-corrected chi connectivity index (χ1v) is 12.5. The lowest BCUT2D eigenvalue weighted by Crippen LogP contribution is -2.46. The Labute approximate surface area is 209 Å². The number of rotatable bonds is 5. The lowest BCUT2D eigenvalue weighted by atomic mass is 9.94. The number of amides is 2. The smallest absolute Gasteiger partial charge is 0.255 e. The fourth-order valence-corrected chi connectivity index (χ4v) is 5.71. The normalized spacial score (nSPS) is 18.0. The molecular formula is C29H27FN4O2. The van der Waals surface area contributed by atoms with Gasteiger partial charge in [0.05, 0.1) is 17.4 Å². The summed E-state index contributed by atoms with van der Waals surface area (Å²) in [6.07, 6.45) is 6.87. The van der Waals surface area contributed by atoms with E-state index in [1.165, 1.54) is 23.5 Å². The van der Waals surface area contributed by atoms with Gasteiger partial charge >= 0.3 is 0 Å². The molecule has 1 aliphatic heterocycles. The molecule has 2 amide bonds. The summed E-state index contributed by atoms with van der Waals surface area (Å²) in [4.78, 5) is 35.8. The predicted molar refractivity (Wildman–Crippen MR) is 137 cm³/mol. The highest BCUT2D eigenvalue weighted by Gasteiger charge is 2.45. The third-order valence-corrected chi connectivity index (χ3v) is 7.35. The Morgan fingerprint density at radius 2 is 1.75 bits per heavy atom. The average molecular weight is 483 g/mol. The monoisotopic (exact) mass is 482 g/mol. The Hall–Kier alpha value is -4.00. The van der Waals surface area contributed by atoms with Crippen molar-refractivity contribution < 1.29 is 14.0 Å². The zero-order valence-electron chi connectivity index (χ0n) is 19.9. The molecule has 1 atom stereocenters. The summed E-state index contributed by atoms with van der Waals surface area (Å²) in [5, 5.41) is 0. The molecule has 1 aromatic heterocycles. The molecule has 0 spiro atoms. The molecule has 0 radical (unpaired) electrons. The number of aromatic nitrogens is 2. The van der Waals surface area contributed by atoms with E-state index in [4.69, 9.17) is 0 Å². The van der Waals surface area contributed by atoms with Crippen LogP contribution in [-0.4, -0.2) is 27.4 Å². The minimum Gasteiger partial charge on any atom is -0.321 e. The van der Waals surface area contributed by atoms with Gasteiger partial charge in [-0.15, -0.1) is 0 Å². The minimum absolute atomic E-state index is 0.0214. The molecule has 1 saturated carbocycles. The average Bonchev–Trinajstić information content (AvgIpc) is 3.43. The number of anilines is 2. The molecule has 0 bridgehead atoms. The van der Waals surface area contributed by atoms with E-state index in [0.717, 1.165) is 48.0 Å². The number of halogens is 1. The van der Waals surface area contributed by atoms with Crippen LogP contribution in [0.15, 0.2) is 79.1 Å². The van der Waals surface area contributed by atoms with Gasteiger partial charge in [-0.25, -0.2) is 9.37 Å². The van der Waals surface area contributed by atoms with Gasteiger partial charge in [0.25, 0.3) is 5.91 Å². The van der Waals surface area contributed by atoms with Crippen LogP contribution in [-0.2, 0) is 16.1 Å². The Morgan fingerprint density at radius 3 is 2.58 bits per heavy atom. The SMILES string of the molecule is O=C1C(N(C(=O)Cn2cnc3ccccc32)c2cccc(F)c2)c2ccccc2N1C1CCCCC1. The van der Waals surface area contributed by atoms with E-state index in [0.29, 0.717) is 5.69 Å². The summed E-state index contributed by atoms with van der Waals surface area (Å²) < 4.78 is 16.1. The van der Waals surface area contributed by atoms with Crippen LogP contribution in [0.4, 0.5) is 15.8 Å². The molecule has 0 N–H and O–H groups in total. The molecule has 6 rings (SSSR count). The summed E-state index contributed by atoms with van der Waals surface area (Å²) >= 11 is 0. The van der Waals surface area contributed by atoms with Crippen molar-refractivity contribution in [3.05, 3.63) is 90.5 Å². The number of benzene rings is 3. The molecule has 7 heteroatoms. The Balaban J connectivity index is 1.43. The quantitative estimate of drug-likeness (QED) is 0.371. The van der Waals surface area contributed by atoms with Crippen molar-refractivity contribution in [3.8, 4) is 0 Å². The largest absolute Gasteiger partial charge is 0.321 e. The molecule has 2 heterocycles. The molecule has 36 heavy (non-hydrogen) atoms. The van der Waals surface area contributed by atoms with E-state index >= 15 is 0 Å². The fourth-order valence-electron chi connectivity index (χ4n) is 5.71. The number of carbonyl (C=O) groups is 2. The van der Waals surface area contributed by atoms with Gasteiger partial charge in [0.2, 0.25) is 5.91 Å². The number of nitrogens with zero attached hydrogens (tertiary/aromatic N) is 4. The Bertz CT molecular complexity index is 1440. The summed E-state index contributed by atoms with van der Waals surface area (Å²) in [5.41, 5.74) is 3.60. The van der Waals surface area contributed by atoms with Crippen LogP contribution < -0.4 is 9.80 Å². The van der Waals surface area contributed by atoms with Crippen molar-refractivity contribution in [2.75, 3.05) is 9.80 Å². The van der Waals surface area contributed by atoms with Gasteiger partial charge in [-0.2, -0.15) is 0 Å². The Kier molecular flexibility index (Phi) is 5.76. The summed E-state index contributed by atoms with van der Waals surface area (Å²) in [6, 6.07) is 20.5. The maximum Gasteiger partial charge on any atom is 0.255 e. The third-order valence-electron chi connectivity index (χ3n) is 7.35. The molecule has 1 aliphatic carbocycles. The maximum absolute atomic E-state index is 14.4. The van der Waals surface area contributed by atoms with Crippen LogP contribution in [0, 0.1) is 5.82 Å². The number of imidazole rings is 1. The van der Waals surface area contributed by atoms with Gasteiger partial charge in [0.15, 0.2) is 0 Å². The maximum atomic E-state index is 14.4. The van der Waals surface area contributed by atoms with Crippen LogP contribution in [0.1, 0.15) is 43.7 Å². The molecule has 1 unspecified atom stereocenters. The minimum atomic E-state index is -0.854. The lowest BCUT2D eigenvalue weighted by Gasteiger charge is -2.33. The molecule has 1 fully saturated rings. The second-order valence-electron chi connectivity index (χ2n) is 9.57. The molecule has 0 saturated heterocycles. The second-order valence-corrected chi connectivity index (χ2v) is 9.57. The van der Waals surface area contributed by atoms with E-state index in [9.17, 15) is 14.0 Å². The van der Waals surface area contributed by atoms with Crippen LogP contribution in [0.25, 0.3) is 11.0 Å². The van der Waals surface area contributed by atoms with E-state index in [-0.39, 0.29) is 24.4 Å². The molecule has 3 aromatic carbocycles. The van der Waals surface area contributed by atoms with Crippen LogP contribution in [0.5, 0.6) is 0 Å². The lowest BCUT2D eigenvalue weighted by molar-refractivity contribution is -0.125. The van der Waals surface area contributed by atoms with Crippen molar-refractivity contribution in [2.45, 2.75) is 50.7 Å². The second kappa shape index (κ2) is 9.22. The van der Waals surface area contributed by atoms with Gasteiger partial charge in [0.1, 0.15) is 18.4 Å². The van der Waals surface area contributed by atoms with Crippen molar-refractivity contribution in [1.29, 1.82) is 0 Å². The van der Waals surface area contributed by atoms with E-state index < -0.39 is 11.9 Å². The Morgan fingerprint density at radius 1 is 0.972 bits per heavy atom. The van der Waals surface area contributed by atoms with Crippen LogP contribution in [0.2, 0.25) is 0 Å². The number of para-hydroxylation sites is 3. The van der Waals surface area contributed by atoms with Gasteiger partial charge in [-0.05, 0) is 49.2 Å². The molecule has 4 aromatic rings. The van der Waals surface area contributed by atoms with Crippen molar-refractivity contribution in [1.82, 2.24) is 9.55 Å². The first-order chi connectivity index (χ1) is 17.6. The summed E-state index contributed by atoms with van der Waals surface area (Å²) in [6.45, 7) is -0.0214. The molecule has 2 aliphatic rings. The van der Waals surface area contributed by atoms with E-state index in [2.05, 4.69) is 4.98 Å². The van der Waals surface area contributed by atoms with Crippen molar-refractivity contribution in [2.24, 2.45) is 0 Å². The van der Waals surface area contributed by atoms with Gasteiger partial charge in [0, 0.05) is 23.0 Å². The highest BCUT2D eigenvalue weighted by Crippen LogP contribution is 2.44. The van der Waals surface area contributed by atoms with Crippen molar-refractivity contribution >= 4 is 34.2 Å². The zero-order chi connectivity index (χ0) is 24.6. The molecular weight excluding hydrogens is 455 g/mol. The fraction of sp³-hybridized carbons (Fsp3) is 0.276. The zero-order valence-corrected chi connectivity index (χ0v) is 19.9. The summed E-state index contributed by atoms with van der Waals surface area (Å²) in [5.74, 6) is -0.889.